The van der Waals surface area contributed by atoms with Gasteiger partial charge < -0.3 is 15.1 Å². The highest BCUT2D eigenvalue weighted by Gasteiger charge is 2.16. The molecular weight excluding hydrogens is 324 g/mol. The van der Waals surface area contributed by atoms with Crippen LogP contribution in [0.5, 0.6) is 0 Å². The number of thiophene rings is 1. The van der Waals surface area contributed by atoms with Gasteiger partial charge in [-0.25, -0.2) is 9.78 Å². The molecule has 6 nitrogen and oxygen atoms in total. The minimum absolute atomic E-state index is 0.331. The highest BCUT2D eigenvalue weighted by atomic mass is 32.1. The number of nitrogens with zero attached hydrogens (tertiary/aromatic N) is 2. The third kappa shape index (κ3) is 3.62. The zero-order valence-corrected chi connectivity index (χ0v) is 14.5. The second-order valence-electron chi connectivity index (χ2n) is 5.47. The average molecular weight is 342 g/mol. The van der Waals surface area contributed by atoms with Crippen LogP contribution in [0.1, 0.15) is 29.5 Å². The fraction of sp³-hybridized carbons (Fsp3) is 0.235. The number of amides is 2. The van der Waals surface area contributed by atoms with Crippen molar-refractivity contribution in [3.8, 4) is 11.3 Å². The van der Waals surface area contributed by atoms with Gasteiger partial charge in [-0.2, -0.15) is 0 Å². The van der Waals surface area contributed by atoms with E-state index in [1.54, 1.807) is 29.8 Å². The van der Waals surface area contributed by atoms with Crippen LogP contribution in [0, 0.1) is 13.8 Å². The van der Waals surface area contributed by atoms with Crippen LogP contribution in [0.2, 0.25) is 0 Å². The summed E-state index contributed by atoms with van der Waals surface area (Å²) < 4.78 is 5.43. The predicted molar refractivity (Wildman–Crippen MR) is 94.1 cm³/mol. The van der Waals surface area contributed by atoms with Gasteiger partial charge >= 0.3 is 6.03 Å². The van der Waals surface area contributed by atoms with Crippen molar-refractivity contribution in [2.45, 2.75) is 26.8 Å². The minimum Gasteiger partial charge on any atom is -0.444 e. The van der Waals surface area contributed by atoms with E-state index in [-0.39, 0.29) is 12.1 Å². The second-order valence-corrected chi connectivity index (χ2v) is 6.59. The number of rotatable bonds is 4. The molecule has 0 saturated heterocycles. The highest BCUT2D eigenvalue weighted by Crippen LogP contribution is 2.29. The average Bonchev–Trinajstić information content (AvgIpc) is 3.16. The van der Waals surface area contributed by atoms with E-state index < -0.39 is 0 Å². The van der Waals surface area contributed by atoms with Gasteiger partial charge in [0.05, 0.1) is 17.6 Å². The normalized spacial score (nSPS) is 12.0. The van der Waals surface area contributed by atoms with Gasteiger partial charge in [0.2, 0.25) is 5.89 Å². The molecule has 3 aromatic rings. The maximum Gasteiger partial charge on any atom is 0.319 e. The Kier molecular flexibility index (Phi) is 4.61. The molecule has 0 aliphatic heterocycles. The number of hydrogen-bond acceptors (Lipinski definition) is 5. The summed E-state index contributed by atoms with van der Waals surface area (Å²) in [5.74, 6) is 1.18. The molecule has 124 valence electrons. The minimum atomic E-state index is -0.334. The van der Waals surface area contributed by atoms with E-state index in [1.165, 1.54) is 4.88 Å². The van der Waals surface area contributed by atoms with Crippen LogP contribution in [-0.4, -0.2) is 16.0 Å². The Bertz CT molecular complexity index is 856. The molecule has 24 heavy (non-hydrogen) atoms. The van der Waals surface area contributed by atoms with Crippen LogP contribution in [0.3, 0.4) is 0 Å². The Hall–Kier alpha value is -2.67. The third-order valence-electron chi connectivity index (χ3n) is 3.42. The van der Waals surface area contributed by atoms with Crippen LogP contribution in [0.4, 0.5) is 10.5 Å². The molecule has 0 spiro atoms. The van der Waals surface area contributed by atoms with E-state index in [4.69, 9.17) is 4.42 Å². The molecule has 2 N–H and O–H groups in total. The molecular formula is C17H18N4O2S. The standard InChI is InChI=1S/C17H18N4O2S/c1-10-8-19-16(23-10)12(3)20-17(22)21-14-5-4-6-18-15(14)13-7-11(2)24-9-13/h4-9,12H,1-3H3,(H2,20,21,22). The summed E-state index contributed by atoms with van der Waals surface area (Å²) in [6.07, 6.45) is 3.34. The lowest BCUT2D eigenvalue weighted by molar-refractivity contribution is 0.247. The number of pyridine rings is 1. The Morgan fingerprint density at radius 1 is 1.33 bits per heavy atom. The van der Waals surface area contributed by atoms with Gasteiger partial charge in [0.1, 0.15) is 11.8 Å². The SMILES string of the molecule is Cc1cnc(C(C)NC(=O)Nc2cccnc2-c2csc(C)c2)o1. The van der Waals surface area contributed by atoms with Crippen molar-refractivity contribution in [2.24, 2.45) is 0 Å². The number of carbonyl (C=O) groups is 1. The van der Waals surface area contributed by atoms with Crippen molar-refractivity contribution < 1.29 is 9.21 Å². The summed E-state index contributed by atoms with van der Waals surface area (Å²) in [4.78, 5) is 22.0. The number of urea groups is 1. The van der Waals surface area contributed by atoms with Crippen molar-refractivity contribution in [3.63, 3.8) is 0 Å². The van der Waals surface area contributed by atoms with E-state index in [9.17, 15) is 4.79 Å². The molecule has 3 heterocycles. The van der Waals surface area contributed by atoms with E-state index >= 15 is 0 Å². The second kappa shape index (κ2) is 6.84. The molecule has 0 saturated carbocycles. The number of hydrogen-bond donors (Lipinski definition) is 2. The lowest BCUT2D eigenvalue weighted by Crippen LogP contribution is -2.31. The molecule has 0 aliphatic carbocycles. The van der Waals surface area contributed by atoms with E-state index in [2.05, 4.69) is 20.6 Å². The first kappa shape index (κ1) is 16.2. The summed E-state index contributed by atoms with van der Waals surface area (Å²) in [5.41, 5.74) is 2.39. The number of nitrogens with one attached hydrogen (secondary N) is 2. The van der Waals surface area contributed by atoms with Gasteiger partial charge in [0.25, 0.3) is 0 Å². The Morgan fingerprint density at radius 2 is 2.17 bits per heavy atom. The van der Waals surface area contributed by atoms with Gasteiger partial charge in [-0.15, -0.1) is 11.3 Å². The summed E-state index contributed by atoms with van der Waals surface area (Å²) in [6.45, 7) is 5.67. The first-order valence-electron chi connectivity index (χ1n) is 7.53. The van der Waals surface area contributed by atoms with Crippen molar-refractivity contribution in [1.29, 1.82) is 0 Å². The first-order valence-corrected chi connectivity index (χ1v) is 8.41. The molecule has 0 aliphatic rings. The van der Waals surface area contributed by atoms with Crippen LogP contribution >= 0.6 is 11.3 Å². The topological polar surface area (TPSA) is 80.0 Å². The van der Waals surface area contributed by atoms with Crippen molar-refractivity contribution in [1.82, 2.24) is 15.3 Å². The predicted octanol–water partition coefficient (Wildman–Crippen LogP) is 4.30. The number of anilines is 1. The lowest BCUT2D eigenvalue weighted by Gasteiger charge is -2.13. The summed E-state index contributed by atoms with van der Waals surface area (Å²) in [6, 6.07) is 5.00. The number of oxazole rings is 1. The molecule has 1 unspecified atom stereocenters. The molecule has 0 radical (unpaired) electrons. The zero-order chi connectivity index (χ0) is 17.1. The largest absolute Gasteiger partial charge is 0.444 e. The lowest BCUT2D eigenvalue weighted by atomic mass is 10.2. The molecule has 3 aromatic heterocycles. The fourth-order valence-electron chi connectivity index (χ4n) is 2.29. The van der Waals surface area contributed by atoms with Crippen molar-refractivity contribution >= 4 is 23.1 Å². The molecule has 2 amide bonds. The molecule has 0 fully saturated rings. The number of aromatic nitrogens is 2. The monoisotopic (exact) mass is 342 g/mol. The van der Waals surface area contributed by atoms with Crippen molar-refractivity contribution in [3.05, 3.63) is 52.5 Å². The quantitative estimate of drug-likeness (QED) is 0.741. The zero-order valence-electron chi connectivity index (χ0n) is 13.7. The number of carbonyl (C=O) groups excluding carboxylic acids is 1. The molecule has 0 aromatic carbocycles. The highest BCUT2D eigenvalue weighted by molar-refractivity contribution is 7.10. The first-order chi connectivity index (χ1) is 11.5. The molecule has 7 heteroatoms. The summed E-state index contributed by atoms with van der Waals surface area (Å²) >= 11 is 1.65. The van der Waals surface area contributed by atoms with Crippen LogP contribution in [0.15, 0.2) is 40.4 Å². The maximum atomic E-state index is 12.3. The number of aryl methyl sites for hydroxylation is 2. The Morgan fingerprint density at radius 3 is 2.83 bits per heavy atom. The molecule has 3 rings (SSSR count). The summed E-state index contributed by atoms with van der Waals surface area (Å²) in [5, 5.41) is 7.69. The van der Waals surface area contributed by atoms with Gasteiger partial charge in [-0.1, -0.05) is 0 Å². The third-order valence-corrected chi connectivity index (χ3v) is 4.28. The smallest absolute Gasteiger partial charge is 0.319 e. The molecule has 1 atom stereocenters. The van der Waals surface area contributed by atoms with Gasteiger partial charge in [-0.05, 0) is 39.0 Å². The van der Waals surface area contributed by atoms with Gasteiger partial charge in [0.15, 0.2) is 0 Å². The van der Waals surface area contributed by atoms with Gasteiger partial charge in [0, 0.05) is 22.0 Å². The fourth-order valence-corrected chi connectivity index (χ4v) is 2.98. The van der Waals surface area contributed by atoms with E-state index in [0.29, 0.717) is 17.3 Å². The Balaban J connectivity index is 1.73. The van der Waals surface area contributed by atoms with Crippen LogP contribution in [-0.2, 0) is 0 Å². The van der Waals surface area contributed by atoms with Crippen LogP contribution < -0.4 is 10.6 Å². The Labute approximate surface area is 144 Å². The summed E-state index contributed by atoms with van der Waals surface area (Å²) in [7, 11) is 0. The molecule has 0 bridgehead atoms. The maximum absolute atomic E-state index is 12.3. The van der Waals surface area contributed by atoms with E-state index in [0.717, 1.165) is 11.3 Å². The van der Waals surface area contributed by atoms with E-state index in [1.807, 2.05) is 38.3 Å². The van der Waals surface area contributed by atoms with Crippen LogP contribution in [0.25, 0.3) is 11.3 Å². The van der Waals surface area contributed by atoms with Gasteiger partial charge in [-0.3, -0.25) is 4.98 Å². The van der Waals surface area contributed by atoms with Crippen molar-refractivity contribution in [2.75, 3.05) is 5.32 Å².